The largest absolute Gasteiger partial charge is 0.497 e. The Hall–Kier alpha value is -3.52. The number of ether oxygens (including phenoxy) is 1. The van der Waals surface area contributed by atoms with Gasteiger partial charge in [0.05, 0.1) is 32.5 Å². The number of nitrogens with zero attached hydrogens (tertiary/aromatic N) is 5. The first-order valence-corrected chi connectivity index (χ1v) is 10.9. The Kier molecular flexibility index (Phi) is 7.14. The van der Waals surface area contributed by atoms with E-state index in [2.05, 4.69) is 40.3 Å². The first-order chi connectivity index (χ1) is 16.0. The maximum Gasteiger partial charge on any atom is 0.169 e. The molecule has 2 heterocycles. The summed E-state index contributed by atoms with van der Waals surface area (Å²) >= 11 is 0. The number of furan rings is 1. The van der Waals surface area contributed by atoms with Crippen LogP contribution in [0.2, 0.25) is 0 Å². The van der Waals surface area contributed by atoms with E-state index in [1.54, 1.807) is 30.2 Å². The van der Waals surface area contributed by atoms with E-state index in [4.69, 9.17) is 9.15 Å². The summed E-state index contributed by atoms with van der Waals surface area (Å²) in [7, 11) is 1.67. The van der Waals surface area contributed by atoms with Gasteiger partial charge in [-0.25, -0.2) is 9.07 Å². The first kappa shape index (κ1) is 22.7. The monoisotopic (exact) mass is 449 g/mol. The van der Waals surface area contributed by atoms with Crippen molar-refractivity contribution in [3.8, 4) is 5.75 Å². The van der Waals surface area contributed by atoms with Crippen LogP contribution in [0, 0.1) is 11.7 Å². The van der Waals surface area contributed by atoms with Crippen LogP contribution in [0.15, 0.2) is 71.3 Å². The number of aromatic nitrogens is 4. The molecule has 7 nitrogen and oxygen atoms in total. The Morgan fingerprint density at radius 3 is 2.55 bits per heavy atom. The molecule has 2 aromatic carbocycles. The molecule has 0 bridgehead atoms. The van der Waals surface area contributed by atoms with Crippen LogP contribution in [0.5, 0.6) is 5.75 Å². The molecule has 0 fully saturated rings. The van der Waals surface area contributed by atoms with Crippen molar-refractivity contribution in [2.45, 2.75) is 39.5 Å². The summed E-state index contributed by atoms with van der Waals surface area (Å²) < 4.78 is 26.2. The Bertz CT molecular complexity index is 1140. The van der Waals surface area contributed by atoms with Gasteiger partial charge in [0.25, 0.3) is 0 Å². The zero-order chi connectivity index (χ0) is 23.2. The van der Waals surface area contributed by atoms with E-state index >= 15 is 0 Å². The molecule has 33 heavy (non-hydrogen) atoms. The Morgan fingerprint density at radius 2 is 1.85 bits per heavy atom. The minimum absolute atomic E-state index is 0.0863. The molecule has 4 rings (SSSR count). The highest BCUT2D eigenvalue weighted by atomic mass is 19.1. The van der Waals surface area contributed by atoms with E-state index in [9.17, 15) is 4.39 Å². The molecule has 0 aliphatic rings. The van der Waals surface area contributed by atoms with Crippen molar-refractivity contribution in [3.05, 3.63) is 95.5 Å². The molecular weight excluding hydrogens is 421 g/mol. The molecule has 4 aromatic rings. The quantitative estimate of drug-likeness (QED) is 0.344. The van der Waals surface area contributed by atoms with Gasteiger partial charge in [0.2, 0.25) is 0 Å². The summed E-state index contributed by atoms with van der Waals surface area (Å²) in [4.78, 5) is 2.31. The van der Waals surface area contributed by atoms with E-state index in [0.717, 1.165) is 28.5 Å². The summed E-state index contributed by atoms with van der Waals surface area (Å²) in [5.41, 5.74) is 2.04. The smallest absolute Gasteiger partial charge is 0.169 e. The second kappa shape index (κ2) is 10.4. The van der Waals surface area contributed by atoms with Gasteiger partial charge < -0.3 is 9.15 Å². The van der Waals surface area contributed by atoms with E-state index < -0.39 is 0 Å². The lowest BCUT2D eigenvalue weighted by atomic mass is 10.00. The van der Waals surface area contributed by atoms with Crippen LogP contribution < -0.4 is 4.74 Å². The van der Waals surface area contributed by atoms with Crippen LogP contribution in [-0.2, 0) is 19.6 Å². The standard InChI is InChI=1S/C25H28FN5O2/c1-18(2)24(25-27-28-29-31(25)16-19-9-11-21(26)12-10-19)30(17-23-8-5-13-33-23)15-20-6-4-7-22(14-20)32-3/h4-14,18,24H,15-17H2,1-3H3/t24-/m1/s1. The molecule has 0 N–H and O–H groups in total. The minimum atomic E-state index is -0.265. The molecule has 0 radical (unpaired) electrons. The van der Waals surface area contributed by atoms with Crippen LogP contribution in [0.1, 0.15) is 42.6 Å². The average molecular weight is 450 g/mol. The average Bonchev–Trinajstić information content (AvgIpc) is 3.48. The number of methoxy groups -OCH3 is 1. The van der Waals surface area contributed by atoms with Crippen molar-refractivity contribution in [3.63, 3.8) is 0 Å². The summed E-state index contributed by atoms with van der Waals surface area (Å²) in [6, 6.07) is 18.2. The molecule has 1 atom stereocenters. The van der Waals surface area contributed by atoms with Gasteiger partial charge in [0.15, 0.2) is 5.82 Å². The SMILES string of the molecule is COc1cccc(CN(Cc2ccco2)[C@@H](c2nnnn2Cc2ccc(F)cc2)C(C)C)c1. The number of rotatable bonds is 10. The van der Waals surface area contributed by atoms with Gasteiger partial charge in [-0.2, -0.15) is 0 Å². The third-order valence-electron chi connectivity index (χ3n) is 5.55. The Labute approximate surface area is 192 Å². The summed E-state index contributed by atoms with van der Waals surface area (Å²) in [6.45, 7) is 6.02. The highest BCUT2D eigenvalue weighted by Crippen LogP contribution is 2.31. The molecule has 8 heteroatoms. The Morgan fingerprint density at radius 1 is 1.03 bits per heavy atom. The lowest BCUT2D eigenvalue weighted by Crippen LogP contribution is -2.33. The zero-order valence-electron chi connectivity index (χ0n) is 19.1. The maximum absolute atomic E-state index is 13.4. The lowest BCUT2D eigenvalue weighted by molar-refractivity contribution is 0.117. The summed E-state index contributed by atoms with van der Waals surface area (Å²) in [5.74, 6) is 2.37. The fourth-order valence-corrected chi connectivity index (χ4v) is 4.04. The third kappa shape index (κ3) is 5.64. The van der Waals surface area contributed by atoms with Gasteiger partial charge in [-0.05, 0) is 63.9 Å². The van der Waals surface area contributed by atoms with Crippen LogP contribution in [0.25, 0.3) is 0 Å². The molecule has 0 spiro atoms. The van der Waals surface area contributed by atoms with Crippen LogP contribution in [0.3, 0.4) is 0 Å². The van der Waals surface area contributed by atoms with Gasteiger partial charge in [-0.1, -0.05) is 38.1 Å². The number of tetrazole rings is 1. The second-order valence-corrected chi connectivity index (χ2v) is 8.35. The van der Waals surface area contributed by atoms with Gasteiger partial charge in [0, 0.05) is 6.54 Å². The van der Waals surface area contributed by atoms with E-state index in [1.165, 1.54) is 12.1 Å². The minimum Gasteiger partial charge on any atom is -0.497 e. The topological polar surface area (TPSA) is 69.2 Å². The van der Waals surface area contributed by atoms with Crippen LogP contribution >= 0.6 is 0 Å². The third-order valence-corrected chi connectivity index (χ3v) is 5.55. The first-order valence-electron chi connectivity index (χ1n) is 10.9. The van der Waals surface area contributed by atoms with E-state index in [-0.39, 0.29) is 17.8 Å². The van der Waals surface area contributed by atoms with Gasteiger partial charge in [0.1, 0.15) is 17.3 Å². The molecule has 0 saturated heterocycles. The fraction of sp³-hybridized carbons (Fsp3) is 0.320. The predicted octanol–water partition coefficient (Wildman–Crippen LogP) is 4.86. The van der Waals surface area contributed by atoms with Crippen LogP contribution in [0.4, 0.5) is 4.39 Å². The van der Waals surface area contributed by atoms with Crippen molar-refractivity contribution in [2.24, 2.45) is 5.92 Å². The van der Waals surface area contributed by atoms with Crippen molar-refractivity contribution in [2.75, 3.05) is 7.11 Å². The predicted molar refractivity (Wildman–Crippen MR) is 122 cm³/mol. The molecule has 172 valence electrons. The summed E-state index contributed by atoms with van der Waals surface area (Å²) in [5, 5.41) is 12.6. The van der Waals surface area contributed by atoms with Crippen molar-refractivity contribution in [1.29, 1.82) is 0 Å². The normalized spacial score (nSPS) is 12.4. The molecule has 2 aromatic heterocycles. The highest BCUT2D eigenvalue weighted by Gasteiger charge is 2.30. The van der Waals surface area contributed by atoms with Gasteiger partial charge in [-0.15, -0.1) is 5.10 Å². The lowest BCUT2D eigenvalue weighted by Gasteiger charge is -2.33. The molecule has 0 saturated carbocycles. The van der Waals surface area contributed by atoms with Crippen LogP contribution in [-0.4, -0.2) is 32.2 Å². The number of halogens is 1. The zero-order valence-corrected chi connectivity index (χ0v) is 19.1. The van der Waals surface area contributed by atoms with Crippen molar-refractivity contribution < 1.29 is 13.5 Å². The Balaban J connectivity index is 1.67. The molecule has 0 aliphatic heterocycles. The van der Waals surface area contributed by atoms with Crippen molar-refractivity contribution >= 4 is 0 Å². The molecule has 0 amide bonds. The second-order valence-electron chi connectivity index (χ2n) is 8.35. The van der Waals surface area contributed by atoms with Gasteiger partial charge >= 0.3 is 0 Å². The number of hydrogen-bond acceptors (Lipinski definition) is 6. The molecule has 0 aliphatic carbocycles. The van der Waals surface area contributed by atoms with E-state index in [1.807, 2.05) is 30.3 Å². The molecular formula is C25H28FN5O2. The molecule has 0 unspecified atom stereocenters. The summed E-state index contributed by atoms with van der Waals surface area (Å²) in [6.07, 6.45) is 1.68. The van der Waals surface area contributed by atoms with Gasteiger partial charge in [-0.3, -0.25) is 4.90 Å². The highest BCUT2D eigenvalue weighted by molar-refractivity contribution is 5.28. The van der Waals surface area contributed by atoms with E-state index in [0.29, 0.717) is 19.6 Å². The number of benzene rings is 2. The fourth-order valence-electron chi connectivity index (χ4n) is 4.04. The number of hydrogen-bond donors (Lipinski definition) is 0. The maximum atomic E-state index is 13.4. The van der Waals surface area contributed by atoms with Crippen molar-refractivity contribution in [1.82, 2.24) is 25.1 Å².